The molecular formula is C16H22ClN3OS. The smallest absolute Gasteiger partial charge is 0.113 e. The zero-order chi connectivity index (χ0) is 15.4. The lowest BCUT2D eigenvalue weighted by Crippen LogP contribution is -2.34. The lowest BCUT2D eigenvalue weighted by molar-refractivity contribution is 0.178. The Morgan fingerprint density at radius 2 is 2.36 bits per heavy atom. The number of thiophene rings is 1. The van der Waals surface area contributed by atoms with Crippen LogP contribution in [0.4, 0.5) is 0 Å². The standard InChI is InChI=1S/C16H22ClN3OS/c1-21-10-9-20-8-6-18-16(20)13-3-2-7-19(11-13)12-14-4-5-15(17)22-14/h4-6,8,13H,2-3,7,9-12H2,1H3. The van der Waals surface area contributed by atoms with Crippen molar-refractivity contribution in [2.24, 2.45) is 0 Å². The van der Waals surface area contributed by atoms with Crippen LogP contribution < -0.4 is 0 Å². The van der Waals surface area contributed by atoms with Crippen molar-refractivity contribution in [3.8, 4) is 0 Å². The van der Waals surface area contributed by atoms with Crippen molar-refractivity contribution in [3.63, 3.8) is 0 Å². The van der Waals surface area contributed by atoms with Gasteiger partial charge in [-0.25, -0.2) is 4.98 Å². The van der Waals surface area contributed by atoms with Gasteiger partial charge >= 0.3 is 0 Å². The second kappa shape index (κ2) is 7.59. The molecule has 1 aliphatic heterocycles. The normalized spacial score (nSPS) is 19.6. The van der Waals surface area contributed by atoms with Crippen molar-refractivity contribution >= 4 is 22.9 Å². The summed E-state index contributed by atoms with van der Waals surface area (Å²) in [6, 6.07) is 4.12. The van der Waals surface area contributed by atoms with Crippen molar-refractivity contribution in [1.29, 1.82) is 0 Å². The Hall–Kier alpha value is -0.880. The van der Waals surface area contributed by atoms with Gasteiger partial charge in [0.1, 0.15) is 5.82 Å². The molecular weight excluding hydrogens is 318 g/mol. The highest BCUT2D eigenvalue weighted by Crippen LogP contribution is 2.29. The molecule has 2 aromatic heterocycles. The van der Waals surface area contributed by atoms with Crippen LogP contribution in [0.1, 0.15) is 29.5 Å². The summed E-state index contributed by atoms with van der Waals surface area (Å²) in [5, 5.41) is 0. The van der Waals surface area contributed by atoms with E-state index in [1.807, 2.05) is 12.3 Å². The van der Waals surface area contributed by atoms with E-state index in [-0.39, 0.29) is 0 Å². The maximum absolute atomic E-state index is 6.03. The van der Waals surface area contributed by atoms with Crippen LogP contribution in [0.25, 0.3) is 0 Å². The Labute approximate surface area is 140 Å². The van der Waals surface area contributed by atoms with E-state index in [1.54, 1.807) is 18.4 Å². The Bertz CT molecular complexity index is 598. The monoisotopic (exact) mass is 339 g/mol. The fourth-order valence-corrected chi connectivity index (χ4v) is 4.26. The topological polar surface area (TPSA) is 30.3 Å². The van der Waals surface area contributed by atoms with E-state index in [0.29, 0.717) is 5.92 Å². The Kier molecular flexibility index (Phi) is 5.52. The molecule has 3 heterocycles. The quantitative estimate of drug-likeness (QED) is 0.805. The van der Waals surface area contributed by atoms with Gasteiger partial charge in [0.05, 0.1) is 10.9 Å². The van der Waals surface area contributed by atoms with Gasteiger partial charge in [-0.15, -0.1) is 11.3 Å². The first kappa shape index (κ1) is 16.0. The van der Waals surface area contributed by atoms with Gasteiger partial charge < -0.3 is 9.30 Å². The van der Waals surface area contributed by atoms with Gasteiger partial charge in [-0.05, 0) is 31.5 Å². The molecule has 3 rings (SSSR count). The minimum Gasteiger partial charge on any atom is -0.383 e. The number of piperidine rings is 1. The van der Waals surface area contributed by atoms with Crippen LogP contribution >= 0.6 is 22.9 Å². The molecule has 6 heteroatoms. The highest BCUT2D eigenvalue weighted by Gasteiger charge is 2.24. The van der Waals surface area contributed by atoms with Crippen LogP contribution in [0.3, 0.4) is 0 Å². The second-order valence-corrected chi connectivity index (χ2v) is 7.55. The number of hydrogen-bond donors (Lipinski definition) is 0. The minimum absolute atomic E-state index is 0.510. The molecule has 0 N–H and O–H groups in total. The molecule has 2 aromatic rings. The van der Waals surface area contributed by atoms with Crippen LogP contribution in [0.15, 0.2) is 24.5 Å². The number of aromatic nitrogens is 2. The zero-order valence-corrected chi connectivity index (χ0v) is 14.4. The Morgan fingerprint density at radius 1 is 1.45 bits per heavy atom. The molecule has 0 spiro atoms. The number of imidazole rings is 1. The predicted molar refractivity (Wildman–Crippen MR) is 90.7 cm³/mol. The lowest BCUT2D eigenvalue weighted by Gasteiger charge is -2.32. The molecule has 0 saturated carbocycles. The molecule has 0 bridgehead atoms. The van der Waals surface area contributed by atoms with Gasteiger partial charge in [0.25, 0.3) is 0 Å². The van der Waals surface area contributed by atoms with E-state index in [0.717, 1.165) is 37.1 Å². The third-order valence-electron chi connectivity index (χ3n) is 4.16. The second-order valence-electron chi connectivity index (χ2n) is 5.75. The molecule has 1 aliphatic rings. The van der Waals surface area contributed by atoms with E-state index in [9.17, 15) is 0 Å². The van der Waals surface area contributed by atoms with Crippen molar-refractivity contribution in [1.82, 2.24) is 14.5 Å². The summed E-state index contributed by atoms with van der Waals surface area (Å²) >= 11 is 7.71. The number of hydrogen-bond acceptors (Lipinski definition) is 4. The predicted octanol–water partition coefficient (Wildman–Crippen LogP) is 3.62. The van der Waals surface area contributed by atoms with Crippen molar-refractivity contribution in [2.45, 2.75) is 31.8 Å². The van der Waals surface area contributed by atoms with Crippen molar-refractivity contribution in [3.05, 3.63) is 39.6 Å². The molecule has 1 atom stereocenters. The van der Waals surface area contributed by atoms with E-state index in [1.165, 1.54) is 23.5 Å². The Morgan fingerprint density at radius 3 is 3.14 bits per heavy atom. The van der Waals surface area contributed by atoms with Crippen LogP contribution in [0, 0.1) is 0 Å². The number of ether oxygens (including phenoxy) is 1. The van der Waals surface area contributed by atoms with E-state index in [4.69, 9.17) is 16.3 Å². The number of methoxy groups -OCH3 is 1. The van der Waals surface area contributed by atoms with Gasteiger partial charge in [-0.3, -0.25) is 4.90 Å². The fourth-order valence-electron chi connectivity index (χ4n) is 3.13. The number of likely N-dealkylation sites (tertiary alicyclic amines) is 1. The first-order valence-corrected chi connectivity index (χ1v) is 8.92. The average Bonchev–Trinajstić information content (AvgIpc) is 3.14. The highest BCUT2D eigenvalue weighted by atomic mass is 35.5. The van der Waals surface area contributed by atoms with Crippen LogP contribution in [-0.2, 0) is 17.8 Å². The van der Waals surface area contributed by atoms with Crippen molar-refractivity contribution in [2.75, 3.05) is 26.8 Å². The zero-order valence-electron chi connectivity index (χ0n) is 12.9. The number of halogens is 1. The fraction of sp³-hybridized carbons (Fsp3) is 0.562. The third-order valence-corrected chi connectivity index (χ3v) is 5.38. The summed E-state index contributed by atoms with van der Waals surface area (Å²) in [5.41, 5.74) is 0. The first-order valence-electron chi connectivity index (χ1n) is 7.73. The molecule has 120 valence electrons. The summed E-state index contributed by atoms with van der Waals surface area (Å²) in [6.45, 7) is 4.83. The molecule has 0 radical (unpaired) electrons. The number of nitrogens with zero attached hydrogens (tertiary/aromatic N) is 3. The first-order chi connectivity index (χ1) is 10.8. The van der Waals surface area contributed by atoms with E-state index >= 15 is 0 Å². The number of rotatable bonds is 6. The Balaban J connectivity index is 1.64. The van der Waals surface area contributed by atoms with Gasteiger partial charge in [0.15, 0.2) is 0 Å². The molecule has 4 nitrogen and oxygen atoms in total. The summed E-state index contributed by atoms with van der Waals surface area (Å²) in [4.78, 5) is 8.46. The van der Waals surface area contributed by atoms with Gasteiger partial charge in [0.2, 0.25) is 0 Å². The SMILES string of the molecule is COCCn1ccnc1C1CCCN(Cc2ccc(Cl)s2)C1. The third kappa shape index (κ3) is 3.90. The van der Waals surface area contributed by atoms with Crippen LogP contribution in [0.2, 0.25) is 4.34 Å². The minimum atomic E-state index is 0.510. The van der Waals surface area contributed by atoms with Gasteiger partial charge in [-0.2, -0.15) is 0 Å². The van der Waals surface area contributed by atoms with Gasteiger partial charge in [-0.1, -0.05) is 11.6 Å². The maximum Gasteiger partial charge on any atom is 0.113 e. The largest absolute Gasteiger partial charge is 0.383 e. The molecule has 1 fully saturated rings. The van der Waals surface area contributed by atoms with Crippen LogP contribution in [-0.4, -0.2) is 41.3 Å². The molecule has 1 unspecified atom stereocenters. The van der Waals surface area contributed by atoms with Gasteiger partial charge in [0, 0.05) is 49.9 Å². The molecule has 22 heavy (non-hydrogen) atoms. The highest BCUT2D eigenvalue weighted by molar-refractivity contribution is 7.16. The molecule has 0 aliphatic carbocycles. The maximum atomic E-state index is 6.03. The molecule has 0 aromatic carbocycles. The van der Waals surface area contributed by atoms with E-state index < -0.39 is 0 Å². The average molecular weight is 340 g/mol. The van der Waals surface area contributed by atoms with E-state index in [2.05, 4.69) is 26.7 Å². The summed E-state index contributed by atoms with van der Waals surface area (Å²) in [7, 11) is 1.74. The summed E-state index contributed by atoms with van der Waals surface area (Å²) < 4.78 is 8.30. The summed E-state index contributed by atoms with van der Waals surface area (Å²) in [5.74, 6) is 1.71. The van der Waals surface area contributed by atoms with Crippen LogP contribution in [0.5, 0.6) is 0 Å². The molecule has 0 amide bonds. The van der Waals surface area contributed by atoms with Crippen molar-refractivity contribution < 1.29 is 4.74 Å². The summed E-state index contributed by atoms with van der Waals surface area (Å²) in [6.07, 6.45) is 6.40. The lowest BCUT2D eigenvalue weighted by atomic mass is 9.97. The molecule has 1 saturated heterocycles.